The zero-order valence-electron chi connectivity index (χ0n) is 7.09. The molecule has 0 aliphatic heterocycles. The second kappa shape index (κ2) is 5.77. The third-order valence-corrected chi connectivity index (χ3v) is 1.23. The molecule has 0 atom stereocenters. The molecule has 0 heterocycles. The molecule has 3 nitrogen and oxygen atoms in total. The molecule has 0 rings (SSSR count). The average molecular weight is 191 g/mol. The summed E-state index contributed by atoms with van der Waals surface area (Å²) in [5.74, 6) is -0.928. The van der Waals surface area contributed by atoms with Gasteiger partial charge < -0.3 is 4.74 Å². The van der Waals surface area contributed by atoms with E-state index >= 15 is 0 Å². The molecule has 0 aromatic heterocycles. The fourth-order valence-electron chi connectivity index (χ4n) is 0.468. The van der Waals surface area contributed by atoms with Gasteiger partial charge in [-0.15, -0.1) is 11.6 Å². The van der Waals surface area contributed by atoms with E-state index in [0.29, 0.717) is 0 Å². The monoisotopic (exact) mass is 190 g/mol. The van der Waals surface area contributed by atoms with Gasteiger partial charge in [0, 0.05) is 6.08 Å². The van der Waals surface area contributed by atoms with E-state index in [0.717, 1.165) is 5.57 Å². The van der Waals surface area contributed by atoms with Crippen LogP contribution in [0.5, 0.6) is 0 Å². The summed E-state index contributed by atoms with van der Waals surface area (Å²) in [6.07, 6.45) is 1.32. The quantitative estimate of drug-likeness (QED) is 0.381. The molecule has 0 fully saturated rings. The van der Waals surface area contributed by atoms with E-state index in [4.69, 9.17) is 11.6 Å². The first-order chi connectivity index (χ1) is 5.56. The predicted molar refractivity (Wildman–Crippen MR) is 46.1 cm³/mol. The molecule has 0 unspecified atom stereocenters. The number of ketones is 1. The third-order valence-electron chi connectivity index (χ3n) is 0.931. The van der Waals surface area contributed by atoms with E-state index in [1.54, 1.807) is 13.8 Å². The molecule has 0 saturated carbocycles. The van der Waals surface area contributed by atoms with Crippen LogP contribution >= 0.6 is 11.6 Å². The second-order valence-corrected chi connectivity index (χ2v) is 2.77. The van der Waals surface area contributed by atoms with E-state index in [9.17, 15) is 9.59 Å². The summed E-state index contributed by atoms with van der Waals surface area (Å²) in [6, 6.07) is 0. The van der Waals surface area contributed by atoms with Crippen LogP contribution in [0.2, 0.25) is 0 Å². The maximum absolute atomic E-state index is 10.8. The molecular formula is C8H11ClO3. The van der Waals surface area contributed by atoms with Crippen LogP contribution in [-0.2, 0) is 14.3 Å². The highest BCUT2D eigenvalue weighted by Gasteiger charge is 2.02. The molecular weight excluding hydrogens is 180 g/mol. The normalized spacial score (nSPS) is 8.92. The van der Waals surface area contributed by atoms with Crippen molar-refractivity contribution in [3.05, 3.63) is 11.6 Å². The molecule has 0 saturated heterocycles. The number of hydrogen-bond acceptors (Lipinski definition) is 3. The first kappa shape index (κ1) is 11.2. The number of carbonyl (C=O) groups is 2. The molecule has 0 radical (unpaired) electrons. The lowest BCUT2D eigenvalue weighted by Gasteiger charge is -1.98. The van der Waals surface area contributed by atoms with Crippen molar-refractivity contribution in [1.29, 1.82) is 0 Å². The highest BCUT2D eigenvalue weighted by Crippen LogP contribution is 1.91. The molecule has 0 spiro atoms. The topological polar surface area (TPSA) is 43.4 Å². The number of Topliss-reactive ketones (excluding diaryl/α,β-unsaturated/α-hetero) is 1. The number of ether oxygens (including phenoxy) is 1. The molecule has 0 bridgehead atoms. The largest absolute Gasteiger partial charge is 0.454 e. The zero-order chi connectivity index (χ0) is 9.56. The molecule has 0 N–H and O–H groups in total. The van der Waals surface area contributed by atoms with Crippen molar-refractivity contribution in [2.24, 2.45) is 0 Å². The Labute approximate surface area is 76.3 Å². The summed E-state index contributed by atoms with van der Waals surface area (Å²) < 4.78 is 4.56. The number of allylic oxidation sites excluding steroid dienone is 1. The van der Waals surface area contributed by atoms with Crippen LogP contribution in [0.3, 0.4) is 0 Å². The van der Waals surface area contributed by atoms with E-state index < -0.39 is 5.97 Å². The van der Waals surface area contributed by atoms with E-state index in [1.807, 2.05) is 0 Å². The summed E-state index contributed by atoms with van der Waals surface area (Å²) >= 11 is 5.18. The molecule has 0 aromatic carbocycles. The van der Waals surface area contributed by atoms with Gasteiger partial charge >= 0.3 is 5.97 Å². The number of esters is 1. The standard InChI is InChI=1S/C8H11ClO3/c1-6(2)3-8(11)12-5-7(10)4-9/h3H,4-5H2,1-2H3. The highest BCUT2D eigenvalue weighted by atomic mass is 35.5. The summed E-state index contributed by atoms with van der Waals surface area (Å²) in [5.41, 5.74) is 0.832. The Balaban J connectivity index is 3.73. The summed E-state index contributed by atoms with van der Waals surface area (Å²) in [7, 11) is 0. The predicted octanol–water partition coefficient (Wildman–Crippen LogP) is 1.30. The van der Waals surface area contributed by atoms with Crippen LogP contribution in [0.15, 0.2) is 11.6 Å². The van der Waals surface area contributed by atoms with Crippen LogP contribution in [0.25, 0.3) is 0 Å². The number of carbonyl (C=O) groups excluding carboxylic acids is 2. The molecule has 0 aliphatic carbocycles. The SMILES string of the molecule is CC(C)=CC(=O)OCC(=O)CCl. The Morgan fingerprint density at radius 3 is 2.42 bits per heavy atom. The lowest BCUT2D eigenvalue weighted by atomic mass is 10.3. The number of rotatable bonds is 4. The van der Waals surface area contributed by atoms with Gasteiger partial charge in [-0.2, -0.15) is 0 Å². The molecule has 0 aromatic rings. The van der Waals surface area contributed by atoms with Gasteiger partial charge in [0.05, 0.1) is 5.88 Å². The van der Waals surface area contributed by atoms with Crippen LogP contribution in [-0.4, -0.2) is 24.2 Å². The lowest BCUT2D eigenvalue weighted by molar-refractivity contribution is -0.142. The zero-order valence-corrected chi connectivity index (χ0v) is 7.85. The van der Waals surface area contributed by atoms with Gasteiger partial charge in [0.15, 0.2) is 12.4 Å². The first-order valence-electron chi connectivity index (χ1n) is 3.45. The van der Waals surface area contributed by atoms with Crippen LogP contribution < -0.4 is 0 Å². The van der Waals surface area contributed by atoms with E-state index in [-0.39, 0.29) is 18.3 Å². The van der Waals surface area contributed by atoms with Gasteiger partial charge in [-0.05, 0) is 13.8 Å². The molecule has 0 aliphatic rings. The second-order valence-electron chi connectivity index (χ2n) is 2.50. The van der Waals surface area contributed by atoms with Crippen molar-refractivity contribution in [1.82, 2.24) is 0 Å². The minimum atomic E-state index is -0.506. The highest BCUT2D eigenvalue weighted by molar-refractivity contribution is 6.27. The van der Waals surface area contributed by atoms with Crippen LogP contribution in [0, 0.1) is 0 Å². The van der Waals surface area contributed by atoms with Gasteiger partial charge in [0.25, 0.3) is 0 Å². The minimum Gasteiger partial charge on any atom is -0.454 e. The van der Waals surface area contributed by atoms with Gasteiger partial charge in [-0.3, -0.25) is 4.79 Å². The van der Waals surface area contributed by atoms with Gasteiger partial charge in [0.2, 0.25) is 0 Å². The fourth-order valence-corrected chi connectivity index (χ4v) is 0.545. The van der Waals surface area contributed by atoms with Crippen molar-refractivity contribution < 1.29 is 14.3 Å². The van der Waals surface area contributed by atoms with Crippen molar-refractivity contribution in [3.63, 3.8) is 0 Å². The van der Waals surface area contributed by atoms with E-state index in [1.165, 1.54) is 6.08 Å². The summed E-state index contributed by atoms with van der Waals surface area (Å²) in [4.78, 5) is 21.4. The Morgan fingerprint density at radius 1 is 1.42 bits per heavy atom. The Morgan fingerprint density at radius 2 is 2.00 bits per heavy atom. The molecule has 0 amide bonds. The van der Waals surface area contributed by atoms with Crippen LogP contribution in [0.1, 0.15) is 13.8 Å². The first-order valence-corrected chi connectivity index (χ1v) is 3.99. The number of alkyl halides is 1. The fraction of sp³-hybridized carbons (Fsp3) is 0.500. The van der Waals surface area contributed by atoms with Gasteiger partial charge in [-0.25, -0.2) is 4.79 Å². The Bertz CT molecular complexity index is 204. The number of hydrogen-bond donors (Lipinski definition) is 0. The average Bonchev–Trinajstić information content (AvgIpc) is 1.99. The third kappa shape index (κ3) is 5.92. The van der Waals surface area contributed by atoms with Gasteiger partial charge in [-0.1, -0.05) is 5.57 Å². The molecule has 4 heteroatoms. The van der Waals surface area contributed by atoms with Gasteiger partial charge in [0.1, 0.15) is 0 Å². The minimum absolute atomic E-state index is 0.123. The Kier molecular flexibility index (Phi) is 5.37. The maximum Gasteiger partial charge on any atom is 0.331 e. The van der Waals surface area contributed by atoms with Crippen molar-refractivity contribution in [2.45, 2.75) is 13.8 Å². The summed E-state index contributed by atoms with van der Waals surface area (Å²) in [5, 5.41) is 0. The van der Waals surface area contributed by atoms with Crippen LogP contribution in [0.4, 0.5) is 0 Å². The lowest BCUT2D eigenvalue weighted by Crippen LogP contribution is -2.13. The molecule has 68 valence electrons. The smallest absolute Gasteiger partial charge is 0.331 e. The summed E-state index contributed by atoms with van der Waals surface area (Å²) in [6.45, 7) is 3.29. The maximum atomic E-state index is 10.8. The van der Waals surface area contributed by atoms with Crippen molar-refractivity contribution >= 4 is 23.4 Å². The van der Waals surface area contributed by atoms with Crippen molar-refractivity contribution in [3.8, 4) is 0 Å². The van der Waals surface area contributed by atoms with Crippen molar-refractivity contribution in [2.75, 3.05) is 12.5 Å². The van der Waals surface area contributed by atoms with E-state index in [2.05, 4.69) is 4.74 Å². The Hall–Kier alpha value is -0.830. The molecule has 12 heavy (non-hydrogen) atoms. The number of halogens is 1.